The Hall–Kier alpha value is -5.55. The molecule has 10 rings (SSSR count). The van der Waals surface area contributed by atoms with E-state index in [0.29, 0.717) is 0 Å². The molecule has 0 atom stereocenters. The third kappa shape index (κ3) is 4.63. The molecule has 1 aliphatic carbocycles. The standard InChI is InChI=1S/C46H32N2S2/c1-46(2)39-14-8-6-12-35(39)36-23-20-32(26-40(36)46)48(34-21-24-38-37-13-7-9-15-42(37)49-44(38)28-34)33-22-25-43-41(27-33)47-45(50-43)31-18-16-30(17-19-31)29-10-4-3-5-11-29/h3-28H,1-2H3. The van der Waals surface area contributed by atoms with Gasteiger partial charge in [0.25, 0.3) is 0 Å². The van der Waals surface area contributed by atoms with E-state index in [2.05, 4.69) is 176 Å². The highest BCUT2D eigenvalue weighted by molar-refractivity contribution is 7.25. The molecule has 2 aromatic heterocycles. The first kappa shape index (κ1) is 29.4. The normalized spacial score (nSPS) is 13.2. The molecule has 0 spiro atoms. The van der Waals surface area contributed by atoms with Crippen LogP contribution in [-0.4, -0.2) is 4.98 Å². The van der Waals surface area contributed by atoms with Crippen molar-refractivity contribution < 1.29 is 0 Å². The zero-order chi connectivity index (χ0) is 33.4. The third-order valence-electron chi connectivity index (χ3n) is 10.3. The van der Waals surface area contributed by atoms with Crippen LogP contribution in [0.25, 0.3) is 63.2 Å². The van der Waals surface area contributed by atoms with Gasteiger partial charge in [-0.05, 0) is 81.9 Å². The summed E-state index contributed by atoms with van der Waals surface area (Å²) in [6.07, 6.45) is 0. The maximum absolute atomic E-state index is 5.20. The second kappa shape index (κ2) is 11.2. The van der Waals surface area contributed by atoms with Gasteiger partial charge < -0.3 is 4.90 Å². The minimum absolute atomic E-state index is 0.0904. The molecule has 9 aromatic rings. The van der Waals surface area contributed by atoms with Crippen molar-refractivity contribution in [1.82, 2.24) is 4.98 Å². The fourth-order valence-electron chi connectivity index (χ4n) is 7.75. The largest absolute Gasteiger partial charge is 0.310 e. The van der Waals surface area contributed by atoms with Crippen LogP contribution in [0.2, 0.25) is 0 Å². The first-order valence-corrected chi connectivity index (χ1v) is 18.7. The Morgan fingerprint density at radius 2 is 1.10 bits per heavy atom. The molecule has 2 nitrogen and oxygen atoms in total. The zero-order valence-corrected chi connectivity index (χ0v) is 29.4. The molecule has 0 unspecified atom stereocenters. The highest BCUT2D eigenvalue weighted by Gasteiger charge is 2.35. The summed E-state index contributed by atoms with van der Waals surface area (Å²) in [4.78, 5) is 7.61. The summed E-state index contributed by atoms with van der Waals surface area (Å²) in [7, 11) is 0. The SMILES string of the molecule is CC1(C)c2ccccc2-c2ccc(N(c3ccc4sc(-c5ccc(-c6ccccc6)cc5)nc4c3)c3ccc4c(c3)sc3ccccc34)cc21. The minimum atomic E-state index is -0.0904. The number of fused-ring (bicyclic) bond motifs is 7. The van der Waals surface area contributed by atoms with E-state index in [1.54, 1.807) is 11.3 Å². The van der Waals surface area contributed by atoms with Gasteiger partial charge in [0.15, 0.2) is 0 Å². The second-order valence-corrected chi connectivity index (χ2v) is 15.7. The van der Waals surface area contributed by atoms with Crippen LogP contribution in [0.4, 0.5) is 17.1 Å². The molecule has 0 N–H and O–H groups in total. The number of rotatable bonds is 5. The Morgan fingerprint density at radius 3 is 1.98 bits per heavy atom. The smallest absolute Gasteiger partial charge is 0.124 e. The summed E-state index contributed by atoms with van der Waals surface area (Å²) in [6, 6.07) is 57.6. The maximum Gasteiger partial charge on any atom is 0.124 e. The van der Waals surface area contributed by atoms with Gasteiger partial charge in [-0.3, -0.25) is 0 Å². The molecule has 0 aliphatic heterocycles. The van der Waals surface area contributed by atoms with Gasteiger partial charge in [-0.15, -0.1) is 22.7 Å². The van der Waals surface area contributed by atoms with Crippen LogP contribution in [-0.2, 0) is 5.41 Å². The molecule has 50 heavy (non-hydrogen) atoms. The lowest BCUT2D eigenvalue weighted by Crippen LogP contribution is -2.16. The minimum Gasteiger partial charge on any atom is -0.310 e. The number of thiazole rings is 1. The lowest BCUT2D eigenvalue weighted by Gasteiger charge is -2.28. The number of anilines is 3. The highest BCUT2D eigenvalue weighted by Crippen LogP contribution is 2.51. The van der Waals surface area contributed by atoms with Crippen LogP contribution in [0.5, 0.6) is 0 Å². The number of hydrogen-bond donors (Lipinski definition) is 0. The molecule has 238 valence electrons. The van der Waals surface area contributed by atoms with E-state index >= 15 is 0 Å². The third-order valence-corrected chi connectivity index (χ3v) is 12.5. The monoisotopic (exact) mass is 676 g/mol. The number of aromatic nitrogens is 1. The van der Waals surface area contributed by atoms with E-state index in [1.807, 2.05) is 11.3 Å². The van der Waals surface area contributed by atoms with Gasteiger partial charge >= 0.3 is 0 Å². The van der Waals surface area contributed by atoms with Crippen molar-refractivity contribution in [3.8, 4) is 32.8 Å². The summed E-state index contributed by atoms with van der Waals surface area (Å²) in [5.41, 5.74) is 13.3. The number of nitrogens with zero attached hydrogens (tertiary/aromatic N) is 2. The van der Waals surface area contributed by atoms with Gasteiger partial charge in [0.05, 0.1) is 10.2 Å². The lowest BCUT2D eigenvalue weighted by molar-refractivity contribution is 0.660. The predicted octanol–water partition coefficient (Wildman–Crippen LogP) is 13.8. The Kier molecular flexibility index (Phi) is 6.61. The fraction of sp³-hybridized carbons (Fsp3) is 0.0652. The van der Waals surface area contributed by atoms with Crippen LogP contribution in [0.3, 0.4) is 0 Å². The van der Waals surface area contributed by atoms with Gasteiger partial charge in [0.1, 0.15) is 5.01 Å². The quantitative estimate of drug-likeness (QED) is 0.180. The van der Waals surface area contributed by atoms with Crippen molar-refractivity contribution in [3.05, 3.63) is 169 Å². The fourth-order valence-corrected chi connectivity index (χ4v) is 9.84. The molecule has 0 bridgehead atoms. The number of benzene rings is 7. The first-order chi connectivity index (χ1) is 24.5. The average molecular weight is 677 g/mol. The van der Waals surface area contributed by atoms with E-state index in [9.17, 15) is 0 Å². The van der Waals surface area contributed by atoms with Gasteiger partial charge in [-0.25, -0.2) is 4.98 Å². The molecule has 0 amide bonds. The summed E-state index contributed by atoms with van der Waals surface area (Å²) < 4.78 is 3.79. The highest BCUT2D eigenvalue weighted by atomic mass is 32.1. The summed E-state index contributed by atoms with van der Waals surface area (Å²) in [6.45, 7) is 4.70. The van der Waals surface area contributed by atoms with Crippen LogP contribution in [0.15, 0.2) is 158 Å². The van der Waals surface area contributed by atoms with Crippen LogP contribution in [0, 0.1) is 0 Å². The molecule has 7 aromatic carbocycles. The Bertz CT molecular complexity index is 2730. The van der Waals surface area contributed by atoms with E-state index in [-0.39, 0.29) is 5.41 Å². The molecule has 0 fully saturated rings. The van der Waals surface area contributed by atoms with E-state index in [1.165, 1.54) is 58.3 Å². The second-order valence-electron chi connectivity index (χ2n) is 13.6. The molecule has 0 radical (unpaired) electrons. The maximum atomic E-state index is 5.20. The van der Waals surface area contributed by atoms with E-state index < -0.39 is 0 Å². The molecule has 2 heterocycles. The average Bonchev–Trinajstić information content (AvgIpc) is 3.82. The molecule has 1 aliphatic rings. The van der Waals surface area contributed by atoms with Crippen LogP contribution in [0.1, 0.15) is 25.0 Å². The summed E-state index contributed by atoms with van der Waals surface area (Å²) in [5.74, 6) is 0. The Morgan fingerprint density at radius 1 is 0.460 bits per heavy atom. The van der Waals surface area contributed by atoms with E-state index in [4.69, 9.17) is 4.98 Å². The lowest BCUT2D eigenvalue weighted by atomic mass is 9.82. The van der Waals surface area contributed by atoms with Crippen molar-refractivity contribution in [2.75, 3.05) is 4.90 Å². The Labute approximate surface area is 299 Å². The predicted molar refractivity (Wildman–Crippen MR) is 216 cm³/mol. The molecular formula is C46H32N2S2. The van der Waals surface area contributed by atoms with Crippen molar-refractivity contribution in [2.45, 2.75) is 19.3 Å². The summed E-state index contributed by atoms with van der Waals surface area (Å²) in [5, 5.41) is 3.65. The van der Waals surface area contributed by atoms with Crippen LogP contribution < -0.4 is 4.90 Å². The molecule has 0 saturated carbocycles. The molecule has 0 saturated heterocycles. The van der Waals surface area contributed by atoms with Crippen molar-refractivity contribution in [2.24, 2.45) is 0 Å². The summed E-state index contributed by atoms with van der Waals surface area (Å²) >= 11 is 3.61. The number of thiophene rings is 1. The van der Waals surface area contributed by atoms with Crippen LogP contribution >= 0.6 is 22.7 Å². The van der Waals surface area contributed by atoms with Gasteiger partial charge in [-0.1, -0.05) is 123 Å². The Balaban J connectivity index is 1.10. The van der Waals surface area contributed by atoms with Gasteiger partial charge in [0.2, 0.25) is 0 Å². The van der Waals surface area contributed by atoms with Gasteiger partial charge in [-0.2, -0.15) is 0 Å². The molecule has 4 heteroatoms. The van der Waals surface area contributed by atoms with Crippen molar-refractivity contribution in [1.29, 1.82) is 0 Å². The van der Waals surface area contributed by atoms with Crippen molar-refractivity contribution in [3.63, 3.8) is 0 Å². The molecular weight excluding hydrogens is 645 g/mol. The number of hydrogen-bond acceptors (Lipinski definition) is 4. The van der Waals surface area contributed by atoms with Crippen molar-refractivity contribution >= 4 is 70.1 Å². The van der Waals surface area contributed by atoms with Gasteiger partial charge in [0, 0.05) is 48.2 Å². The first-order valence-electron chi connectivity index (χ1n) is 17.0. The topological polar surface area (TPSA) is 16.1 Å². The van der Waals surface area contributed by atoms with E-state index in [0.717, 1.165) is 33.1 Å². The zero-order valence-electron chi connectivity index (χ0n) is 27.7.